The maximum absolute atomic E-state index is 11.4. The van der Waals surface area contributed by atoms with Crippen molar-refractivity contribution in [2.45, 2.75) is 31.7 Å². The van der Waals surface area contributed by atoms with Crippen molar-refractivity contribution in [2.75, 3.05) is 13.6 Å². The summed E-state index contributed by atoms with van der Waals surface area (Å²) >= 11 is 0. The number of nitrogens with zero attached hydrogens (tertiary/aromatic N) is 1. The second-order valence-corrected chi connectivity index (χ2v) is 3.89. The van der Waals surface area contributed by atoms with E-state index in [1.165, 1.54) is 6.42 Å². The molecule has 1 aliphatic heterocycles. The molecule has 0 aromatic carbocycles. The minimum atomic E-state index is 0.280. The Labute approximate surface area is 67.6 Å². The maximum Gasteiger partial charge on any atom is 0.149 e. The lowest BCUT2D eigenvalue weighted by molar-refractivity contribution is -0.128. The monoisotopic (exact) mass is 153 g/mol. The van der Waals surface area contributed by atoms with Gasteiger partial charge in [0.25, 0.3) is 0 Å². The van der Waals surface area contributed by atoms with Gasteiger partial charge in [-0.15, -0.1) is 0 Å². The molecule has 1 aliphatic carbocycles. The molecule has 2 rings (SSSR count). The predicted octanol–water partition coefficient (Wildman–Crippen LogP) is 1.06. The first-order chi connectivity index (χ1) is 5.27. The first-order valence-electron chi connectivity index (χ1n) is 4.50. The quantitative estimate of drug-likeness (QED) is 0.518. The van der Waals surface area contributed by atoms with Crippen LogP contribution >= 0.6 is 0 Å². The van der Waals surface area contributed by atoms with Crippen molar-refractivity contribution in [2.24, 2.45) is 5.92 Å². The zero-order valence-corrected chi connectivity index (χ0v) is 7.05. The second kappa shape index (κ2) is 2.59. The Morgan fingerprint density at radius 1 is 1.45 bits per heavy atom. The summed E-state index contributed by atoms with van der Waals surface area (Å²) in [6, 6.07) is 0.280. The van der Waals surface area contributed by atoms with E-state index in [1.807, 2.05) is 0 Å². The number of ketones is 1. The molecule has 2 fully saturated rings. The molecule has 2 nitrogen and oxygen atoms in total. The van der Waals surface area contributed by atoms with Crippen LogP contribution in [0.15, 0.2) is 0 Å². The van der Waals surface area contributed by atoms with Gasteiger partial charge in [-0.2, -0.15) is 0 Å². The molecular formula is C9H15NO. The van der Waals surface area contributed by atoms with E-state index in [9.17, 15) is 4.79 Å². The first-order valence-corrected chi connectivity index (χ1v) is 4.50. The Morgan fingerprint density at radius 3 is 3.00 bits per heavy atom. The van der Waals surface area contributed by atoms with Crippen LogP contribution in [-0.2, 0) is 4.79 Å². The van der Waals surface area contributed by atoms with E-state index in [1.54, 1.807) is 0 Å². The smallest absolute Gasteiger partial charge is 0.149 e. The number of hydrogen-bond acceptors (Lipinski definition) is 2. The summed E-state index contributed by atoms with van der Waals surface area (Å²) in [6.45, 7) is 1.13. The summed E-state index contributed by atoms with van der Waals surface area (Å²) in [7, 11) is 2.07. The average Bonchev–Trinajstić information content (AvgIpc) is 2.02. The molecule has 2 unspecified atom stereocenters. The van der Waals surface area contributed by atoms with Crippen LogP contribution < -0.4 is 0 Å². The molecule has 0 N–H and O–H groups in total. The standard InChI is InChI=1S/C9H15NO/c1-10-5-4-7-2-3-9(11)8(10)6-7/h7-8H,2-6H2,1H3. The van der Waals surface area contributed by atoms with Gasteiger partial charge in [0.1, 0.15) is 5.78 Å². The molecule has 0 aromatic rings. The predicted molar refractivity (Wildman–Crippen MR) is 43.4 cm³/mol. The van der Waals surface area contributed by atoms with Crippen LogP contribution in [0.2, 0.25) is 0 Å². The first kappa shape index (κ1) is 7.29. The van der Waals surface area contributed by atoms with Crippen LogP contribution in [0.3, 0.4) is 0 Å². The van der Waals surface area contributed by atoms with Crippen molar-refractivity contribution in [3.8, 4) is 0 Å². The minimum absolute atomic E-state index is 0.280. The summed E-state index contributed by atoms with van der Waals surface area (Å²) in [4.78, 5) is 13.6. The third-order valence-corrected chi connectivity index (χ3v) is 3.15. The van der Waals surface area contributed by atoms with Gasteiger partial charge in [-0.1, -0.05) is 0 Å². The van der Waals surface area contributed by atoms with E-state index < -0.39 is 0 Å². The molecule has 0 amide bonds. The summed E-state index contributed by atoms with van der Waals surface area (Å²) in [6.07, 6.45) is 4.43. The highest BCUT2D eigenvalue weighted by atomic mass is 16.1. The van der Waals surface area contributed by atoms with Gasteiger partial charge in [0.15, 0.2) is 0 Å². The van der Waals surface area contributed by atoms with Gasteiger partial charge in [-0.3, -0.25) is 9.69 Å². The van der Waals surface area contributed by atoms with Crippen molar-refractivity contribution < 1.29 is 4.79 Å². The topological polar surface area (TPSA) is 20.3 Å². The minimum Gasteiger partial charge on any atom is -0.298 e. The van der Waals surface area contributed by atoms with Crippen molar-refractivity contribution in [1.29, 1.82) is 0 Å². The molecule has 2 atom stereocenters. The van der Waals surface area contributed by atoms with E-state index in [-0.39, 0.29) is 6.04 Å². The van der Waals surface area contributed by atoms with E-state index in [0.29, 0.717) is 5.78 Å². The third kappa shape index (κ3) is 1.20. The van der Waals surface area contributed by atoms with Gasteiger partial charge in [0.05, 0.1) is 6.04 Å². The highest BCUT2D eigenvalue weighted by Crippen LogP contribution is 2.31. The van der Waals surface area contributed by atoms with Crippen molar-refractivity contribution in [3.63, 3.8) is 0 Å². The molecule has 0 spiro atoms. The Bertz CT molecular complexity index is 178. The summed E-state index contributed by atoms with van der Waals surface area (Å²) < 4.78 is 0. The molecule has 2 bridgehead atoms. The van der Waals surface area contributed by atoms with Crippen LogP contribution in [0.4, 0.5) is 0 Å². The van der Waals surface area contributed by atoms with Gasteiger partial charge in [0.2, 0.25) is 0 Å². The SMILES string of the molecule is CN1CCC2CCC(=O)C1C2. The van der Waals surface area contributed by atoms with Gasteiger partial charge in [0, 0.05) is 6.42 Å². The number of carbonyl (C=O) groups is 1. The zero-order valence-electron chi connectivity index (χ0n) is 7.05. The molecule has 62 valence electrons. The number of Topliss-reactive ketones (excluding diaryl/α,β-unsaturated/α-hetero) is 1. The number of fused-ring (bicyclic) bond motifs is 2. The number of likely N-dealkylation sites (tertiary alicyclic amines) is 1. The number of hydrogen-bond donors (Lipinski definition) is 0. The fraction of sp³-hybridized carbons (Fsp3) is 0.889. The lowest BCUT2D eigenvalue weighted by Crippen LogP contribution is -2.47. The van der Waals surface area contributed by atoms with Crippen LogP contribution in [0.25, 0.3) is 0 Å². The van der Waals surface area contributed by atoms with Crippen LogP contribution in [0.5, 0.6) is 0 Å². The molecule has 0 radical (unpaired) electrons. The van der Waals surface area contributed by atoms with Crippen molar-refractivity contribution in [1.82, 2.24) is 4.90 Å². The molecule has 2 heteroatoms. The fourth-order valence-corrected chi connectivity index (χ4v) is 2.31. The Balaban J connectivity index is 2.11. The van der Waals surface area contributed by atoms with Gasteiger partial charge >= 0.3 is 0 Å². The highest BCUT2D eigenvalue weighted by molar-refractivity contribution is 5.84. The molecule has 1 saturated carbocycles. The second-order valence-electron chi connectivity index (χ2n) is 3.89. The van der Waals surface area contributed by atoms with Gasteiger partial charge in [-0.25, -0.2) is 0 Å². The van der Waals surface area contributed by atoms with Crippen molar-refractivity contribution >= 4 is 5.78 Å². The normalized spacial score (nSPS) is 39.2. The summed E-state index contributed by atoms with van der Waals surface area (Å²) in [5.74, 6) is 1.33. The average molecular weight is 153 g/mol. The molecule has 1 saturated heterocycles. The highest BCUT2D eigenvalue weighted by Gasteiger charge is 2.34. The van der Waals surface area contributed by atoms with Crippen molar-refractivity contribution in [3.05, 3.63) is 0 Å². The van der Waals surface area contributed by atoms with E-state index in [4.69, 9.17) is 0 Å². The van der Waals surface area contributed by atoms with E-state index in [2.05, 4.69) is 11.9 Å². The number of likely N-dealkylation sites (N-methyl/N-ethyl adjacent to an activating group) is 1. The molecule has 2 aliphatic rings. The molecule has 1 heterocycles. The number of piperidine rings is 1. The number of rotatable bonds is 0. The zero-order chi connectivity index (χ0) is 7.84. The molecule has 11 heavy (non-hydrogen) atoms. The van der Waals surface area contributed by atoms with E-state index >= 15 is 0 Å². The lowest BCUT2D eigenvalue weighted by atomic mass is 9.79. The van der Waals surface area contributed by atoms with Crippen LogP contribution in [0, 0.1) is 5.92 Å². The Morgan fingerprint density at radius 2 is 2.27 bits per heavy atom. The van der Waals surface area contributed by atoms with Gasteiger partial charge < -0.3 is 0 Å². The third-order valence-electron chi connectivity index (χ3n) is 3.15. The fourth-order valence-electron chi connectivity index (χ4n) is 2.31. The molecule has 0 aromatic heterocycles. The van der Waals surface area contributed by atoms with E-state index in [0.717, 1.165) is 31.7 Å². The Hall–Kier alpha value is -0.370. The van der Waals surface area contributed by atoms with Crippen LogP contribution in [0.1, 0.15) is 25.7 Å². The summed E-state index contributed by atoms with van der Waals surface area (Å²) in [5, 5.41) is 0. The van der Waals surface area contributed by atoms with Gasteiger partial charge in [-0.05, 0) is 38.8 Å². The molecular weight excluding hydrogens is 138 g/mol. The maximum atomic E-state index is 11.4. The Kier molecular flexibility index (Phi) is 1.72. The largest absolute Gasteiger partial charge is 0.298 e. The van der Waals surface area contributed by atoms with Crippen LogP contribution in [-0.4, -0.2) is 30.3 Å². The number of carbonyl (C=O) groups excluding carboxylic acids is 1. The lowest BCUT2D eigenvalue weighted by Gasteiger charge is -2.39. The summed E-state index contributed by atoms with van der Waals surface area (Å²) in [5.41, 5.74) is 0.